The molecule has 2 aromatic rings. The lowest BCUT2D eigenvalue weighted by Gasteiger charge is -2.11. The van der Waals surface area contributed by atoms with Crippen LogP contribution in [0.1, 0.15) is 22.8 Å². The van der Waals surface area contributed by atoms with E-state index in [0.717, 1.165) is 11.1 Å². The van der Waals surface area contributed by atoms with Gasteiger partial charge in [0, 0.05) is 11.1 Å². The number of benzene rings is 2. The molecular formula is C22H18O3. The zero-order valence-electron chi connectivity index (χ0n) is 13.9. The Morgan fingerprint density at radius 3 is 2.20 bits per heavy atom. The summed E-state index contributed by atoms with van der Waals surface area (Å²) in [5.41, 5.74) is 3.37. The summed E-state index contributed by atoms with van der Waals surface area (Å²) in [7, 11) is 0. The van der Waals surface area contributed by atoms with E-state index in [9.17, 15) is 9.59 Å². The van der Waals surface area contributed by atoms with Crippen LogP contribution in [0.3, 0.4) is 0 Å². The minimum atomic E-state index is -0.420. The Hall–Kier alpha value is -3.20. The number of hydrogen-bond donors (Lipinski definition) is 0. The van der Waals surface area contributed by atoms with E-state index in [2.05, 4.69) is 0 Å². The Kier molecular flexibility index (Phi) is 5.05. The molecule has 0 saturated heterocycles. The molecule has 0 saturated carbocycles. The molecule has 1 aliphatic rings. The van der Waals surface area contributed by atoms with Crippen molar-refractivity contribution >= 4 is 17.3 Å². The Bertz CT molecular complexity index is 872. The molecule has 0 aromatic heterocycles. The second kappa shape index (κ2) is 7.58. The lowest BCUT2D eigenvalue weighted by atomic mass is 9.94. The minimum absolute atomic E-state index is 0.144. The number of ketones is 1. The van der Waals surface area contributed by atoms with E-state index in [1.807, 2.05) is 54.6 Å². The van der Waals surface area contributed by atoms with Gasteiger partial charge in [0.1, 0.15) is 0 Å². The molecule has 25 heavy (non-hydrogen) atoms. The summed E-state index contributed by atoms with van der Waals surface area (Å²) in [6.07, 6.45) is 5.08. The largest absolute Gasteiger partial charge is 0.462 e. The highest BCUT2D eigenvalue weighted by Gasteiger charge is 2.24. The van der Waals surface area contributed by atoms with Gasteiger partial charge in [-0.15, -0.1) is 0 Å². The molecule has 0 N–H and O–H groups in total. The highest BCUT2D eigenvalue weighted by atomic mass is 16.5. The van der Waals surface area contributed by atoms with Crippen molar-refractivity contribution in [3.8, 4) is 0 Å². The predicted molar refractivity (Wildman–Crippen MR) is 98.0 cm³/mol. The molecule has 0 amide bonds. The molecule has 3 nitrogen and oxygen atoms in total. The number of allylic oxidation sites excluding steroid dienone is 4. The van der Waals surface area contributed by atoms with Gasteiger partial charge in [0.2, 0.25) is 0 Å². The van der Waals surface area contributed by atoms with Crippen LogP contribution in [0.4, 0.5) is 0 Å². The molecule has 0 radical (unpaired) electrons. The predicted octanol–water partition coefficient (Wildman–Crippen LogP) is 4.38. The van der Waals surface area contributed by atoms with Crippen LogP contribution in [0.25, 0.3) is 5.57 Å². The third-order valence-corrected chi connectivity index (χ3v) is 3.91. The first kappa shape index (κ1) is 16.7. The van der Waals surface area contributed by atoms with Crippen molar-refractivity contribution in [1.29, 1.82) is 0 Å². The molecule has 0 fully saturated rings. The molecule has 0 atom stereocenters. The summed E-state index contributed by atoms with van der Waals surface area (Å²) < 4.78 is 5.13. The first-order chi connectivity index (χ1) is 12.2. The lowest BCUT2D eigenvalue weighted by molar-refractivity contribution is -0.138. The van der Waals surface area contributed by atoms with Crippen molar-refractivity contribution in [2.45, 2.75) is 6.92 Å². The molecule has 124 valence electrons. The first-order valence-electron chi connectivity index (χ1n) is 8.17. The van der Waals surface area contributed by atoms with Gasteiger partial charge in [-0.05, 0) is 30.2 Å². The molecule has 2 aromatic carbocycles. The van der Waals surface area contributed by atoms with Crippen molar-refractivity contribution in [2.24, 2.45) is 0 Å². The van der Waals surface area contributed by atoms with E-state index in [-0.39, 0.29) is 12.4 Å². The quantitative estimate of drug-likeness (QED) is 0.464. The highest BCUT2D eigenvalue weighted by Crippen LogP contribution is 2.34. The smallest absolute Gasteiger partial charge is 0.338 e. The van der Waals surface area contributed by atoms with Gasteiger partial charge in [0.25, 0.3) is 0 Å². The normalized spacial score (nSPS) is 14.8. The van der Waals surface area contributed by atoms with E-state index in [1.54, 1.807) is 25.1 Å². The van der Waals surface area contributed by atoms with Crippen LogP contribution >= 0.6 is 0 Å². The Labute approximate surface area is 146 Å². The summed E-state index contributed by atoms with van der Waals surface area (Å²) in [4.78, 5) is 24.9. The molecule has 0 aliphatic heterocycles. The van der Waals surface area contributed by atoms with Gasteiger partial charge in [-0.2, -0.15) is 0 Å². The molecular weight excluding hydrogens is 312 g/mol. The number of hydrogen-bond acceptors (Lipinski definition) is 3. The molecule has 3 heteroatoms. The molecule has 0 spiro atoms. The average Bonchev–Trinajstić information content (AvgIpc) is 3.07. The lowest BCUT2D eigenvalue weighted by Crippen LogP contribution is -2.10. The van der Waals surface area contributed by atoms with E-state index >= 15 is 0 Å². The van der Waals surface area contributed by atoms with Crippen molar-refractivity contribution in [1.82, 2.24) is 0 Å². The maximum atomic E-state index is 12.6. The van der Waals surface area contributed by atoms with Gasteiger partial charge in [-0.3, -0.25) is 4.79 Å². The molecule has 0 bridgehead atoms. The highest BCUT2D eigenvalue weighted by molar-refractivity contribution is 6.12. The number of carbonyl (C=O) groups excluding carboxylic acids is 2. The zero-order chi connectivity index (χ0) is 17.6. The maximum Gasteiger partial charge on any atom is 0.338 e. The van der Waals surface area contributed by atoms with Crippen LogP contribution < -0.4 is 0 Å². The fraction of sp³-hybridized carbons (Fsp3) is 0.0909. The first-order valence-corrected chi connectivity index (χ1v) is 8.17. The molecule has 3 rings (SSSR count). The molecule has 0 unspecified atom stereocenters. The summed E-state index contributed by atoms with van der Waals surface area (Å²) in [6.45, 7) is 2.05. The van der Waals surface area contributed by atoms with Gasteiger partial charge >= 0.3 is 5.97 Å². The maximum absolute atomic E-state index is 12.6. The van der Waals surface area contributed by atoms with Crippen molar-refractivity contribution < 1.29 is 14.3 Å². The minimum Gasteiger partial charge on any atom is -0.462 e. The van der Waals surface area contributed by atoms with Crippen LogP contribution in [0.5, 0.6) is 0 Å². The van der Waals surface area contributed by atoms with Crippen LogP contribution in [0.15, 0.2) is 90.0 Å². The average molecular weight is 330 g/mol. The molecule has 1 aliphatic carbocycles. The number of ether oxygens (including phenoxy) is 1. The van der Waals surface area contributed by atoms with Crippen LogP contribution in [-0.2, 0) is 9.53 Å². The number of carbonyl (C=O) groups is 2. The number of esters is 1. The summed E-state index contributed by atoms with van der Waals surface area (Å²) in [5.74, 6) is -0.564. The van der Waals surface area contributed by atoms with Gasteiger partial charge in [0.05, 0.1) is 12.2 Å². The van der Waals surface area contributed by atoms with Crippen molar-refractivity contribution in [3.05, 3.63) is 101 Å². The second-order valence-corrected chi connectivity index (χ2v) is 5.54. The van der Waals surface area contributed by atoms with Gasteiger partial charge in [0.15, 0.2) is 5.78 Å². The van der Waals surface area contributed by atoms with Crippen LogP contribution in [0, 0.1) is 0 Å². The van der Waals surface area contributed by atoms with E-state index < -0.39 is 5.97 Å². The van der Waals surface area contributed by atoms with Gasteiger partial charge in [-0.1, -0.05) is 66.7 Å². The van der Waals surface area contributed by atoms with Crippen LogP contribution in [-0.4, -0.2) is 18.4 Å². The Morgan fingerprint density at radius 1 is 0.920 bits per heavy atom. The third kappa shape index (κ3) is 3.66. The number of rotatable bonds is 5. The third-order valence-electron chi connectivity index (χ3n) is 3.91. The van der Waals surface area contributed by atoms with Crippen molar-refractivity contribution in [3.63, 3.8) is 0 Å². The summed E-state index contributed by atoms with van der Waals surface area (Å²) in [6, 6.07) is 18.7. The van der Waals surface area contributed by atoms with E-state index in [1.165, 1.54) is 6.08 Å². The summed E-state index contributed by atoms with van der Waals surface area (Å²) in [5, 5.41) is 0. The Morgan fingerprint density at radius 2 is 1.56 bits per heavy atom. The zero-order valence-corrected chi connectivity index (χ0v) is 13.9. The topological polar surface area (TPSA) is 43.4 Å². The van der Waals surface area contributed by atoms with Crippen molar-refractivity contribution in [2.75, 3.05) is 6.61 Å². The molecule has 0 heterocycles. The Balaban J connectivity index is 2.00. The van der Waals surface area contributed by atoms with Gasteiger partial charge in [-0.25, -0.2) is 4.79 Å². The van der Waals surface area contributed by atoms with E-state index in [0.29, 0.717) is 16.7 Å². The SMILES string of the molecule is CCOC(=O)C1=CC=C(c2ccccc2)/C1=C/C(=O)c1ccccc1. The summed E-state index contributed by atoms with van der Waals surface area (Å²) >= 11 is 0. The second-order valence-electron chi connectivity index (χ2n) is 5.54. The monoisotopic (exact) mass is 330 g/mol. The van der Waals surface area contributed by atoms with E-state index in [4.69, 9.17) is 4.74 Å². The fourth-order valence-electron chi connectivity index (χ4n) is 2.72. The van der Waals surface area contributed by atoms with Gasteiger partial charge < -0.3 is 4.74 Å². The fourth-order valence-corrected chi connectivity index (χ4v) is 2.72. The standard InChI is InChI=1S/C22H18O3/c1-2-25-22(24)19-14-13-18(16-9-5-3-6-10-16)20(19)15-21(23)17-11-7-4-8-12-17/h3-15H,2H2,1H3/b20-15-. The van der Waals surface area contributed by atoms with Crippen LogP contribution in [0.2, 0.25) is 0 Å².